The number of ether oxygens (including phenoxy) is 1. The number of aryl methyl sites for hydroxylation is 1. The van der Waals surface area contributed by atoms with Crippen LogP contribution >= 0.6 is 0 Å². The number of aromatic nitrogens is 3. The minimum absolute atomic E-state index is 0.466. The van der Waals surface area contributed by atoms with Gasteiger partial charge in [-0.25, -0.2) is 14.8 Å². The second-order valence-electron chi connectivity index (χ2n) is 4.55. The topological polar surface area (TPSA) is 89.3 Å². The Morgan fingerprint density at radius 1 is 1.55 bits per heavy atom. The van der Waals surface area contributed by atoms with Crippen molar-refractivity contribution in [3.8, 4) is 0 Å². The van der Waals surface area contributed by atoms with Crippen LogP contribution in [0.4, 0.5) is 5.82 Å². The van der Waals surface area contributed by atoms with Crippen LogP contribution < -0.4 is 5.32 Å². The fourth-order valence-corrected chi connectivity index (χ4v) is 2.02. The summed E-state index contributed by atoms with van der Waals surface area (Å²) in [5, 5.41) is 12.2. The molecular formula is C13H18N4O3. The lowest BCUT2D eigenvalue weighted by Gasteiger charge is -2.15. The lowest BCUT2D eigenvalue weighted by Crippen LogP contribution is -2.30. The van der Waals surface area contributed by atoms with E-state index in [1.165, 1.54) is 0 Å². The predicted octanol–water partition coefficient (Wildman–Crippen LogP) is 1.26. The fourth-order valence-electron chi connectivity index (χ4n) is 2.02. The molecule has 7 nitrogen and oxygen atoms in total. The molecule has 1 atom stereocenters. The Hall–Kier alpha value is -2.15. The highest BCUT2D eigenvalue weighted by molar-refractivity contribution is 5.88. The molecular weight excluding hydrogens is 260 g/mol. The van der Waals surface area contributed by atoms with E-state index in [1.807, 2.05) is 17.7 Å². The number of aliphatic carboxylic acids is 1. The van der Waals surface area contributed by atoms with Crippen LogP contribution in [0, 0.1) is 0 Å². The Balaban J connectivity index is 2.18. The molecule has 0 saturated heterocycles. The summed E-state index contributed by atoms with van der Waals surface area (Å²) in [7, 11) is 3.48. The van der Waals surface area contributed by atoms with Crippen molar-refractivity contribution in [3.05, 3.63) is 18.6 Å². The van der Waals surface area contributed by atoms with Crippen LogP contribution in [0.1, 0.15) is 12.8 Å². The number of hydrogen-bond donors (Lipinski definition) is 2. The molecule has 2 aromatic heterocycles. The first-order valence-corrected chi connectivity index (χ1v) is 6.37. The number of fused-ring (bicyclic) bond motifs is 1. The van der Waals surface area contributed by atoms with Gasteiger partial charge in [-0.15, -0.1) is 0 Å². The highest BCUT2D eigenvalue weighted by Crippen LogP contribution is 2.20. The Labute approximate surface area is 116 Å². The molecule has 0 spiro atoms. The Bertz CT molecular complexity index is 596. The summed E-state index contributed by atoms with van der Waals surface area (Å²) in [6.45, 7) is 0.534. The number of methoxy groups -OCH3 is 1. The molecule has 2 heterocycles. The third-order valence-electron chi connectivity index (χ3n) is 3.09. The zero-order valence-corrected chi connectivity index (χ0v) is 11.5. The summed E-state index contributed by atoms with van der Waals surface area (Å²) in [5.41, 5.74) is 1.58. The monoisotopic (exact) mass is 278 g/mol. The number of carboxylic acid groups (broad SMARTS) is 1. The van der Waals surface area contributed by atoms with Crippen LogP contribution in [-0.2, 0) is 16.6 Å². The predicted molar refractivity (Wildman–Crippen MR) is 74.7 cm³/mol. The highest BCUT2D eigenvalue weighted by atomic mass is 16.5. The van der Waals surface area contributed by atoms with E-state index in [1.54, 1.807) is 19.6 Å². The van der Waals surface area contributed by atoms with E-state index in [0.29, 0.717) is 30.8 Å². The van der Waals surface area contributed by atoms with Crippen molar-refractivity contribution in [1.82, 2.24) is 14.5 Å². The summed E-state index contributed by atoms with van der Waals surface area (Å²) >= 11 is 0. The molecule has 0 fully saturated rings. The van der Waals surface area contributed by atoms with Gasteiger partial charge in [0.05, 0.1) is 11.8 Å². The molecule has 0 aromatic carbocycles. The molecule has 0 amide bonds. The molecule has 108 valence electrons. The second-order valence-corrected chi connectivity index (χ2v) is 4.55. The van der Waals surface area contributed by atoms with Crippen LogP contribution in [-0.4, -0.2) is 45.4 Å². The highest BCUT2D eigenvalue weighted by Gasteiger charge is 2.19. The van der Waals surface area contributed by atoms with Gasteiger partial charge in [-0.1, -0.05) is 0 Å². The summed E-state index contributed by atoms with van der Waals surface area (Å²) in [6, 6.07) is 1.14. The van der Waals surface area contributed by atoms with Gasteiger partial charge in [0, 0.05) is 27.0 Å². The van der Waals surface area contributed by atoms with E-state index in [0.717, 1.165) is 5.52 Å². The van der Waals surface area contributed by atoms with Gasteiger partial charge in [0.1, 0.15) is 11.6 Å². The molecule has 20 heavy (non-hydrogen) atoms. The van der Waals surface area contributed by atoms with Crippen molar-refractivity contribution in [3.63, 3.8) is 0 Å². The fraction of sp³-hybridized carbons (Fsp3) is 0.462. The van der Waals surface area contributed by atoms with Crippen LogP contribution in [0.2, 0.25) is 0 Å². The number of nitrogens with one attached hydrogen (secondary N) is 1. The Morgan fingerprint density at radius 2 is 2.35 bits per heavy atom. The van der Waals surface area contributed by atoms with E-state index >= 15 is 0 Å². The van der Waals surface area contributed by atoms with Gasteiger partial charge >= 0.3 is 5.97 Å². The summed E-state index contributed by atoms with van der Waals surface area (Å²) < 4.78 is 6.81. The van der Waals surface area contributed by atoms with Gasteiger partial charge in [0.15, 0.2) is 5.82 Å². The van der Waals surface area contributed by atoms with Crippen LogP contribution in [0.3, 0.4) is 0 Å². The van der Waals surface area contributed by atoms with E-state index in [9.17, 15) is 9.90 Å². The maximum Gasteiger partial charge on any atom is 0.326 e. The zero-order chi connectivity index (χ0) is 14.5. The summed E-state index contributed by atoms with van der Waals surface area (Å²) in [5.74, 6) is -0.413. The average Bonchev–Trinajstić information content (AvgIpc) is 2.80. The number of rotatable bonds is 7. The minimum Gasteiger partial charge on any atom is -0.480 e. The third kappa shape index (κ3) is 3.05. The Kier molecular flexibility index (Phi) is 4.52. The number of carboxylic acids is 1. The molecule has 0 aliphatic heterocycles. The average molecular weight is 278 g/mol. The van der Waals surface area contributed by atoms with Crippen molar-refractivity contribution in [2.24, 2.45) is 7.05 Å². The molecule has 0 radical (unpaired) electrons. The van der Waals surface area contributed by atoms with Gasteiger partial charge in [-0.2, -0.15) is 0 Å². The van der Waals surface area contributed by atoms with Gasteiger partial charge in [-0.05, 0) is 18.9 Å². The number of pyridine rings is 1. The molecule has 0 aliphatic carbocycles. The minimum atomic E-state index is -0.907. The number of anilines is 1. The van der Waals surface area contributed by atoms with Gasteiger partial charge in [-0.3, -0.25) is 0 Å². The summed E-state index contributed by atoms with van der Waals surface area (Å²) in [4.78, 5) is 19.7. The quantitative estimate of drug-likeness (QED) is 0.741. The number of hydrogen-bond acceptors (Lipinski definition) is 5. The van der Waals surface area contributed by atoms with Crippen molar-refractivity contribution in [2.45, 2.75) is 18.9 Å². The van der Waals surface area contributed by atoms with Crippen molar-refractivity contribution in [2.75, 3.05) is 19.0 Å². The SMILES string of the molecule is COCCCC(Nc1nccc2c1ncn2C)C(=O)O. The van der Waals surface area contributed by atoms with Crippen molar-refractivity contribution >= 4 is 22.8 Å². The van der Waals surface area contributed by atoms with Crippen LogP contribution in [0.15, 0.2) is 18.6 Å². The lowest BCUT2D eigenvalue weighted by molar-refractivity contribution is -0.138. The van der Waals surface area contributed by atoms with E-state index < -0.39 is 12.0 Å². The lowest BCUT2D eigenvalue weighted by atomic mass is 10.1. The molecule has 2 N–H and O–H groups in total. The largest absolute Gasteiger partial charge is 0.480 e. The van der Waals surface area contributed by atoms with Gasteiger partial charge < -0.3 is 19.7 Å². The Morgan fingerprint density at radius 3 is 3.05 bits per heavy atom. The number of imidazole rings is 1. The third-order valence-corrected chi connectivity index (χ3v) is 3.09. The molecule has 2 rings (SSSR count). The van der Waals surface area contributed by atoms with E-state index in [2.05, 4.69) is 15.3 Å². The van der Waals surface area contributed by atoms with Crippen LogP contribution in [0.25, 0.3) is 11.0 Å². The van der Waals surface area contributed by atoms with E-state index in [-0.39, 0.29) is 0 Å². The maximum absolute atomic E-state index is 11.3. The van der Waals surface area contributed by atoms with Crippen LogP contribution in [0.5, 0.6) is 0 Å². The standard InChI is InChI=1S/C13H18N4O3/c1-17-8-15-11-10(17)5-6-14-12(11)16-9(13(18)19)4-3-7-20-2/h5-6,8-9H,3-4,7H2,1-2H3,(H,14,16)(H,18,19). The molecule has 0 aliphatic rings. The number of carbonyl (C=O) groups is 1. The van der Waals surface area contributed by atoms with Crippen molar-refractivity contribution < 1.29 is 14.6 Å². The number of nitrogens with zero attached hydrogens (tertiary/aromatic N) is 3. The molecule has 0 saturated carbocycles. The molecule has 2 aromatic rings. The second kappa shape index (κ2) is 6.33. The first-order chi connectivity index (χ1) is 9.63. The van der Waals surface area contributed by atoms with Gasteiger partial charge in [0.25, 0.3) is 0 Å². The first-order valence-electron chi connectivity index (χ1n) is 6.37. The van der Waals surface area contributed by atoms with Gasteiger partial charge in [0.2, 0.25) is 0 Å². The molecule has 1 unspecified atom stereocenters. The normalized spacial score (nSPS) is 12.5. The smallest absolute Gasteiger partial charge is 0.326 e. The molecule has 0 bridgehead atoms. The summed E-state index contributed by atoms with van der Waals surface area (Å²) in [6.07, 6.45) is 4.45. The maximum atomic E-state index is 11.3. The van der Waals surface area contributed by atoms with E-state index in [4.69, 9.17) is 4.74 Å². The first kappa shape index (κ1) is 14.3. The zero-order valence-electron chi connectivity index (χ0n) is 11.5. The molecule has 7 heteroatoms. The van der Waals surface area contributed by atoms with Crippen molar-refractivity contribution in [1.29, 1.82) is 0 Å².